The molecule has 1 unspecified atom stereocenters. The van der Waals surface area contributed by atoms with Crippen molar-refractivity contribution >= 4 is 45.2 Å². The number of para-hydroxylation sites is 1. The third-order valence-corrected chi connectivity index (χ3v) is 8.52. The fourth-order valence-electron chi connectivity index (χ4n) is 4.08. The number of ether oxygens (including phenoxy) is 1. The van der Waals surface area contributed by atoms with Gasteiger partial charge in [0.2, 0.25) is 0 Å². The van der Waals surface area contributed by atoms with Gasteiger partial charge in [-0.15, -0.1) is 0 Å². The first kappa shape index (κ1) is 22.2. The maximum atomic E-state index is 13.1. The van der Waals surface area contributed by atoms with Crippen LogP contribution in [0.2, 0.25) is 19.6 Å². The minimum Gasteiger partial charge on any atom is -0.376 e. The molecule has 0 aliphatic carbocycles. The van der Waals surface area contributed by atoms with Crippen LogP contribution in [0.3, 0.4) is 0 Å². The number of alkyl halides is 3. The fourth-order valence-corrected chi connectivity index (χ4v) is 6.07. The Balaban J connectivity index is 2.02. The van der Waals surface area contributed by atoms with Gasteiger partial charge in [0.15, 0.2) is 0 Å². The van der Waals surface area contributed by atoms with Crippen molar-refractivity contribution in [3.63, 3.8) is 0 Å². The van der Waals surface area contributed by atoms with Crippen molar-refractivity contribution in [3.05, 3.63) is 36.4 Å². The Kier molecular flexibility index (Phi) is 5.38. The molecule has 1 atom stereocenters. The topological polar surface area (TPSA) is 57.5 Å². The van der Waals surface area contributed by atoms with Crippen LogP contribution in [0.15, 0.2) is 36.4 Å². The van der Waals surface area contributed by atoms with E-state index in [2.05, 4.69) is 0 Å². The van der Waals surface area contributed by atoms with Crippen LogP contribution in [0.1, 0.15) is 25.5 Å². The van der Waals surface area contributed by atoms with Crippen molar-refractivity contribution in [1.29, 1.82) is 0 Å². The molecule has 31 heavy (non-hydrogen) atoms. The van der Waals surface area contributed by atoms with Crippen molar-refractivity contribution in [2.24, 2.45) is 0 Å². The molecule has 0 amide bonds. The molecule has 1 aliphatic heterocycles. The van der Waals surface area contributed by atoms with Gasteiger partial charge in [-0.05, 0) is 36.6 Å². The zero-order valence-electron chi connectivity index (χ0n) is 17.5. The average Bonchev–Trinajstić information content (AvgIpc) is 2.99. The zero-order valence-corrected chi connectivity index (χ0v) is 19.3. The predicted octanol–water partition coefficient (Wildman–Crippen LogP) is 5.27. The van der Waals surface area contributed by atoms with Gasteiger partial charge in [0.1, 0.15) is 12.0 Å². The van der Waals surface area contributed by atoms with Crippen LogP contribution in [-0.2, 0) is 14.9 Å². The molecule has 5 nitrogen and oxygen atoms in total. The lowest BCUT2D eigenvalue weighted by molar-refractivity contribution is -0.0499. The number of benzene rings is 2. The minimum absolute atomic E-state index is 0.260. The molecule has 1 aliphatic rings. The highest BCUT2D eigenvalue weighted by molar-refractivity contribution is 7.88. The summed E-state index contributed by atoms with van der Waals surface area (Å²) in [6, 6.07) is 10.9. The standard InChI is InChI=1S/C21H24F3NO4SSi/c1-31(2,3)19-12-15-14-8-4-5-9-16(14)25(20-10-6-7-11-28-20)17(15)13-18(19)29-30(26,27)21(22,23)24/h4-5,8-9,12-13,20H,6-7,10-11H2,1-3H3. The summed E-state index contributed by atoms with van der Waals surface area (Å²) < 4.78 is 75.5. The number of rotatable bonds is 4. The lowest BCUT2D eigenvalue weighted by Gasteiger charge is -2.26. The van der Waals surface area contributed by atoms with E-state index in [1.165, 1.54) is 6.07 Å². The number of nitrogens with zero attached hydrogens (tertiary/aromatic N) is 1. The average molecular weight is 472 g/mol. The first-order valence-electron chi connectivity index (χ1n) is 10.1. The van der Waals surface area contributed by atoms with Crippen LogP contribution in [0.5, 0.6) is 5.75 Å². The molecular weight excluding hydrogens is 447 g/mol. The SMILES string of the molecule is C[Si](C)(C)c1cc2c3ccccc3n(C3CCCCO3)c2cc1OS(=O)(=O)C(F)(F)F. The molecule has 2 heterocycles. The first-order chi connectivity index (χ1) is 14.4. The summed E-state index contributed by atoms with van der Waals surface area (Å²) in [6.07, 6.45) is 2.41. The lowest BCUT2D eigenvalue weighted by atomic mass is 10.1. The van der Waals surface area contributed by atoms with E-state index < -0.39 is 23.7 Å². The maximum Gasteiger partial charge on any atom is 0.534 e. The molecule has 0 saturated carbocycles. The van der Waals surface area contributed by atoms with Crippen molar-refractivity contribution in [1.82, 2.24) is 4.57 Å². The summed E-state index contributed by atoms with van der Waals surface area (Å²) >= 11 is 0. The van der Waals surface area contributed by atoms with Gasteiger partial charge in [0.05, 0.1) is 19.1 Å². The highest BCUT2D eigenvalue weighted by atomic mass is 32.2. The normalized spacial score (nSPS) is 18.6. The smallest absolute Gasteiger partial charge is 0.376 e. The molecule has 2 aromatic carbocycles. The van der Waals surface area contributed by atoms with E-state index in [-0.39, 0.29) is 12.0 Å². The molecule has 0 N–H and O–H groups in total. The molecule has 1 fully saturated rings. The van der Waals surface area contributed by atoms with E-state index in [0.717, 1.165) is 35.6 Å². The highest BCUT2D eigenvalue weighted by Crippen LogP contribution is 2.38. The van der Waals surface area contributed by atoms with Crippen LogP contribution in [0.25, 0.3) is 21.8 Å². The summed E-state index contributed by atoms with van der Waals surface area (Å²) in [5, 5.41) is 2.30. The minimum atomic E-state index is -5.79. The third kappa shape index (κ3) is 3.96. The Hall–Kier alpha value is -2.04. The molecule has 1 aromatic heterocycles. The van der Waals surface area contributed by atoms with Gasteiger partial charge >= 0.3 is 15.6 Å². The van der Waals surface area contributed by atoms with E-state index in [1.54, 1.807) is 6.07 Å². The van der Waals surface area contributed by atoms with Crippen molar-refractivity contribution in [2.45, 2.75) is 50.6 Å². The Labute approximate surface area is 179 Å². The fraction of sp³-hybridized carbons (Fsp3) is 0.429. The van der Waals surface area contributed by atoms with Gasteiger partial charge < -0.3 is 13.5 Å². The van der Waals surface area contributed by atoms with Crippen LogP contribution < -0.4 is 9.37 Å². The van der Waals surface area contributed by atoms with Gasteiger partial charge in [0.25, 0.3) is 0 Å². The largest absolute Gasteiger partial charge is 0.534 e. The van der Waals surface area contributed by atoms with Gasteiger partial charge in [-0.25, -0.2) is 0 Å². The van der Waals surface area contributed by atoms with Gasteiger partial charge in [-0.2, -0.15) is 21.6 Å². The number of fused-ring (bicyclic) bond motifs is 3. The molecule has 3 aromatic rings. The van der Waals surface area contributed by atoms with E-state index >= 15 is 0 Å². The summed E-state index contributed by atoms with van der Waals surface area (Å²) in [6.45, 7) is 6.40. The van der Waals surface area contributed by atoms with E-state index in [1.807, 2.05) is 48.5 Å². The summed E-state index contributed by atoms with van der Waals surface area (Å²) in [7, 11) is -8.06. The number of hydrogen-bond acceptors (Lipinski definition) is 4. The number of halogens is 3. The quantitative estimate of drug-likeness (QED) is 0.296. The second kappa shape index (κ2) is 7.53. The molecular formula is C21H24F3NO4SSi. The number of aromatic nitrogens is 1. The summed E-state index contributed by atoms with van der Waals surface area (Å²) in [5.74, 6) is -0.260. The second-order valence-corrected chi connectivity index (χ2v) is 15.4. The van der Waals surface area contributed by atoms with Gasteiger partial charge in [-0.1, -0.05) is 37.8 Å². The van der Waals surface area contributed by atoms with Crippen molar-refractivity contribution < 1.29 is 30.5 Å². The monoisotopic (exact) mass is 471 g/mol. The highest BCUT2D eigenvalue weighted by Gasteiger charge is 2.49. The molecule has 0 radical (unpaired) electrons. The molecule has 4 rings (SSSR count). The third-order valence-electron chi connectivity index (χ3n) is 5.55. The van der Waals surface area contributed by atoms with Crippen LogP contribution in [0.4, 0.5) is 13.2 Å². The van der Waals surface area contributed by atoms with Crippen molar-refractivity contribution in [3.8, 4) is 5.75 Å². The Morgan fingerprint density at radius 1 is 1.06 bits per heavy atom. The molecule has 10 heteroatoms. The maximum absolute atomic E-state index is 13.1. The van der Waals surface area contributed by atoms with E-state index in [4.69, 9.17) is 8.92 Å². The van der Waals surface area contributed by atoms with E-state index in [0.29, 0.717) is 17.3 Å². The molecule has 0 spiro atoms. The van der Waals surface area contributed by atoms with Crippen LogP contribution in [0, 0.1) is 0 Å². The first-order valence-corrected chi connectivity index (χ1v) is 15.0. The van der Waals surface area contributed by atoms with Crippen LogP contribution >= 0.6 is 0 Å². The lowest BCUT2D eigenvalue weighted by Crippen LogP contribution is -2.40. The Bertz CT molecular complexity index is 1240. The van der Waals surface area contributed by atoms with Crippen molar-refractivity contribution in [2.75, 3.05) is 6.61 Å². The van der Waals surface area contributed by atoms with Crippen LogP contribution in [-0.4, -0.2) is 33.2 Å². The predicted molar refractivity (Wildman–Crippen MR) is 117 cm³/mol. The van der Waals surface area contributed by atoms with Gasteiger partial charge in [-0.3, -0.25) is 0 Å². The summed E-state index contributed by atoms with van der Waals surface area (Å²) in [5.41, 5.74) is -4.01. The molecule has 0 bridgehead atoms. The Morgan fingerprint density at radius 3 is 2.39 bits per heavy atom. The van der Waals surface area contributed by atoms with Gasteiger partial charge in [0, 0.05) is 23.4 Å². The molecule has 168 valence electrons. The molecule has 1 saturated heterocycles. The van der Waals surface area contributed by atoms with E-state index in [9.17, 15) is 21.6 Å². The zero-order chi connectivity index (χ0) is 22.6. The second-order valence-electron chi connectivity index (χ2n) is 8.81. The summed E-state index contributed by atoms with van der Waals surface area (Å²) in [4.78, 5) is 0. The Morgan fingerprint density at radius 2 is 1.77 bits per heavy atom. The number of hydrogen-bond donors (Lipinski definition) is 0.